The number of amides is 1. The average Bonchev–Trinajstić information content (AvgIpc) is 2.72. The van der Waals surface area contributed by atoms with Crippen molar-refractivity contribution in [1.29, 1.82) is 0 Å². The van der Waals surface area contributed by atoms with Crippen LogP contribution in [-0.4, -0.2) is 26.6 Å². The summed E-state index contributed by atoms with van der Waals surface area (Å²) in [6, 6.07) is 14.0. The van der Waals surface area contributed by atoms with Crippen LogP contribution < -0.4 is 5.32 Å². The molecule has 6 heteroatoms. The number of aromatic nitrogens is 3. The maximum Gasteiger partial charge on any atom is 0.249 e. The van der Waals surface area contributed by atoms with Crippen molar-refractivity contribution in [1.82, 2.24) is 15.0 Å². The molecule has 1 amide bonds. The number of hydrogen-bond donors (Lipinski definition) is 1. The largest absolute Gasteiger partial charge is 0.307 e. The summed E-state index contributed by atoms with van der Waals surface area (Å²) in [5.41, 5.74) is 1.72. The summed E-state index contributed by atoms with van der Waals surface area (Å²) in [7, 11) is 0. The monoisotopic (exact) mass is 356 g/mol. The number of carbonyl (C=O) groups excluding carboxylic acids is 2. The second-order valence-electron chi connectivity index (χ2n) is 5.46. The number of hydrogen-bond acceptors (Lipinski definition) is 5. The molecule has 3 aromatic heterocycles. The molecule has 0 fully saturated rings. The molecule has 27 heavy (non-hydrogen) atoms. The molecule has 0 aliphatic heterocycles. The molecule has 0 bridgehead atoms. The molecular formula is C21H16N4O2. The number of allylic oxidation sites excluding steroid dienone is 1. The maximum absolute atomic E-state index is 12.1. The van der Waals surface area contributed by atoms with E-state index in [0.29, 0.717) is 22.8 Å². The van der Waals surface area contributed by atoms with E-state index in [1.807, 2.05) is 0 Å². The lowest BCUT2D eigenvalue weighted by Crippen LogP contribution is -2.08. The summed E-state index contributed by atoms with van der Waals surface area (Å²) in [5.74, 6) is 0.0227. The van der Waals surface area contributed by atoms with Crippen molar-refractivity contribution >= 4 is 29.7 Å². The van der Waals surface area contributed by atoms with Crippen LogP contribution in [0.1, 0.15) is 21.7 Å². The molecule has 0 aromatic carbocycles. The summed E-state index contributed by atoms with van der Waals surface area (Å²) < 4.78 is 0. The Balaban J connectivity index is 1.64. The lowest BCUT2D eigenvalue weighted by molar-refractivity contribution is -0.111. The van der Waals surface area contributed by atoms with Gasteiger partial charge in [0.1, 0.15) is 5.82 Å². The first-order chi connectivity index (χ1) is 13.2. The lowest BCUT2D eigenvalue weighted by Gasteiger charge is -2.00. The number of anilines is 1. The van der Waals surface area contributed by atoms with E-state index in [0.717, 1.165) is 0 Å². The summed E-state index contributed by atoms with van der Waals surface area (Å²) in [6.45, 7) is 0. The van der Waals surface area contributed by atoms with Crippen LogP contribution in [0.15, 0.2) is 79.3 Å². The molecule has 3 rings (SSSR count). The smallest absolute Gasteiger partial charge is 0.249 e. The Hall–Kier alpha value is -3.93. The van der Waals surface area contributed by atoms with Crippen molar-refractivity contribution < 1.29 is 9.59 Å². The topological polar surface area (TPSA) is 84.8 Å². The number of nitrogens with zero attached hydrogens (tertiary/aromatic N) is 3. The third-order valence-corrected chi connectivity index (χ3v) is 3.47. The molecule has 6 nitrogen and oxygen atoms in total. The molecule has 0 spiro atoms. The van der Waals surface area contributed by atoms with E-state index in [-0.39, 0.29) is 11.7 Å². The molecular weight excluding hydrogens is 340 g/mol. The van der Waals surface area contributed by atoms with E-state index in [9.17, 15) is 9.59 Å². The van der Waals surface area contributed by atoms with Crippen molar-refractivity contribution in [3.05, 3.63) is 96.2 Å². The number of carbonyl (C=O) groups is 2. The van der Waals surface area contributed by atoms with Crippen molar-refractivity contribution in [2.45, 2.75) is 0 Å². The van der Waals surface area contributed by atoms with Crippen LogP contribution >= 0.6 is 0 Å². The van der Waals surface area contributed by atoms with Gasteiger partial charge in [-0.25, -0.2) is 9.97 Å². The fourth-order valence-electron chi connectivity index (χ4n) is 2.19. The van der Waals surface area contributed by atoms with Gasteiger partial charge in [-0.2, -0.15) is 0 Å². The van der Waals surface area contributed by atoms with Gasteiger partial charge in [0.15, 0.2) is 5.78 Å². The Morgan fingerprint density at radius 3 is 2.37 bits per heavy atom. The Bertz CT molecular complexity index is 983. The highest BCUT2D eigenvalue weighted by Crippen LogP contribution is 2.06. The Morgan fingerprint density at radius 2 is 1.67 bits per heavy atom. The highest BCUT2D eigenvalue weighted by molar-refractivity contribution is 6.06. The van der Waals surface area contributed by atoms with Gasteiger partial charge in [-0.1, -0.05) is 12.1 Å². The quantitative estimate of drug-likeness (QED) is 0.540. The Labute approximate surface area is 156 Å². The van der Waals surface area contributed by atoms with E-state index in [1.54, 1.807) is 73.1 Å². The molecule has 0 radical (unpaired) electrons. The zero-order chi connectivity index (χ0) is 18.9. The predicted octanol–water partition coefficient (Wildman–Crippen LogP) is 3.42. The molecule has 0 atom stereocenters. The third-order valence-electron chi connectivity index (χ3n) is 3.47. The normalized spacial score (nSPS) is 11.0. The van der Waals surface area contributed by atoms with Crippen LogP contribution in [0.25, 0.3) is 12.2 Å². The van der Waals surface area contributed by atoms with E-state index < -0.39 is 0 Å². The van der Waals surface area contributed by atoms with Gasteiger partial charge in [0.25, 0.3) is 0 Å². The second-order valence-corrected chi connectivity index (χ2v) is 5.46. The molecule has 0 unspecified atom stereocenters. The van der Waals surface area contributed by atoms with Gasteiger partial charge in [0.2, 0.25) is 5.91 Å². The molecule has 0 aliphatic rings. The molecule has 3 heterocycles. The first-order valence-corrected chi connectivity index (χ1v) is 8.20. The minimum atomic E-state index is -0.303. The molecule has 0 saturated carbocycles. The van der Waals surface area contributed by atoms with Crippen LogP contribution in [0.4, 0.5) is 5.82 Å². The van der Waals surface area contributed by atoms with Crippen molar-refractivity contribution in [3.63, 3.8) is 0 Å². The van der Waals surface area contributed by atoms with Gasteiger partial charge in [0.05, 0.1) is 11.4 Å². The lowest BCUT2D eigenvalue weighted by atomic mass is 10.1. The van der Waals surface area contributed by atoms with Gasteiger partial charge in [-0.05, 0) is 54.6 Å². The van der Waals surface area contributed by atoms with Gasteiger partial charge in [-0.15, -0.1) is 0 Å². The highest BCUT2D eigenvalue weighted by Gasteiger charge is 2.01. The molecule has 0 aliphatic carbocycles. The minimum absolute atomic E-state index is 0.152. The second kappa shape index (κ2) is 8.96. The maximum atomic E-state index is 12.1. The van der Waals surface area contributed by atoms with E-state index in [4.69, 9.17) is 0 Å². The van der Waals surface area contributed by atoms with E-state index in [2.05, 4.69) is 20.3 Å². The fourth-order valence-corrected chi connectivity index (χ4v) is 2.19. The van der Waals surface area contributed by atoms with Crippen LogP contribution in [0, 0.1) is 0 Å². The summed E-state index contributed by atoms with van der Waals surface area (Å²) >= 11 is 0. The molecule has 1 N–H and O–H groups in total. The first kappa shape index (κ1) is 17.9. The Morgan fingerprint density at radius 1 is 0.852 bits per heavy atom. The van der Waals surface area contributed by atoms with Gasteiger partial charge in [-0.3, -0.25) is 14.6 Å². The predicted molar refractivity (Wildman–Crippen MR) is 104 cm³/mol. The molecule has 3 aromatic rings. The van der Waals surface area contributed by atoms with Crippen LogP contribution in [0.3, 0.4) is 0 Å². The summed E-state index contributed by atoms with van der Waals surface area (Å²) in [4.78, 5) is 36.3. The Kier molecular flexibility index (Phi) is 5.93. The fraction of sp³-hybridized carbons (Fsp3) is 0. The van der Waals surface area contributed by atoms with Crippen molar-refractivity contribution in [2.24, 2.45) is 0 Å². The number of pyridine rings is 3. The van der Waals surface area contributed by atoms with Gasteiger partial charge >= 0.3 is 0 Å². The van der Waals surface area contributed by atoms with E-state index in [1.165, 1.54) is 18.3 Å². The van der Waals surface area contributed by atoms with Crippen LogP contribution in [-0.2, 0) is 4.79 Å². The van der Waals surface area contributed by atoms with Crippen LogP contribution in [0.5, 0.6) is 0 Å². The SMILES string of the molecule is O=C(/C=C/c1cccc(/C=C/C(=O)c2cccnc2)n1)Nc1ccccn1. The average molecular weight is 356 g/mol. The zero-order valence-electron chi connectivity index (χ0n) is 14.3. The van der Waals surface area contributed by atoms with Crippen LogP contribution in [0.2, 0.25) is 0 Å². The van der Waals surface area contributed by atoms with E-state index >= 15 is 0 Å². The first-order valence-electron chi connectivity index (χ1n) is 8.20. The minimum Gasteiger partial charge on any atom is -0.307 e. The van der Waals surface area contributed by atoms with Crippen molar-refractivity contribution in [3.8, 4) is 0 Å². The summed E-state index contributed by atoms with van der Waals surface area (Å²) in [6.07, 6.45) is 10.8. The third kappa shape index (κ3) is 5.54. The van der Waals surface area contributed by atoms with Gasteiger partial charge < -0.3 is 5.32 Å². The number of nitrogens with one attached hydrogen (secondary N) is 1. The molecule has 132 valence electrons. The van der Waals surface area contributed by atoms with Gasteiger partial charge in [0, 0.05) is 30.2 Å². The summed E-state index contributed by atoms with van der Waals surface area (Å²) in [5, 5.41) is 2.66. The number of rotatable bonds is 6. The van der Waals surface area contributed by atoms with Crippen molar-refractivity contribution in [2.75, 3.05) is 5.32 Å². The standard InChI is InChI=1S/C21H16N4O2/c26-19(16-5-4-13-22-15-16)11-9-17-6-3-7-18(24-17)10-12-21(27)25-20-8-1-2-14-23-20/h1-15H,(H,23,25,27)/b11-9+,12-10+. The zero-order valence-corrected chi connectivity index (χ0v) is 14.3. The number of ketones is 1. The highest BCUT2D eigenvalue weighted by atomic mass is 16.1. The molecule has 0 saturated heterocycles.